The molecule has 0 atom stereocenters. The largest absolute Gasteiger partial charge is 0.340 e. The van der Waals surface area contributed by atoms with Crippen LogP contribution in [0.25, 0.3) is 21.7 Å². The van der Waals surface area contributed by atoms with Crippen molar-refractivity contribution < 1.29 is 4.79 Å². The fourth-order valence-electron chi connectivity index (χ4n) is 2.94. The van der Waals surface area contributed by atoms with E-state index in [1.807, 2.05) is 36.4 Å². The van der Waals surface area contributed by atoms with Crippen molar-refractivity contribution in [2.24, 2.45) is 5.73 Å². The molecule has 0 fully saturated rings. The highest BCUT2D eigenvalue weighted by Gasteiger charge is 2.11. The van der Waals surface area contributed by atoms with Crippen LogP contribution in [0.2, 0.25) is 5.02 Å². The van der Waals surface area contributed by atoms with Gasteiger partial charge in [-0.25, -0.2) is 4.98 Å². The minimum absolute atomic E-state index is 0.0335. The molecule has 26 heavy (non-hydrogen) atoms. The van der Waals surface area contributed by atoms with Crippen molar-refractivity contribution in [3.63, 3.8) is 0 Å². The number of anilines is 2. The maximum atomic E-state index is 11.9. The van der Waals surface area contributed by atoms with E-state index in [9.17, 15) is 4.79 Å². The number of nitrogens with one attached hydrogen (secondary N) is 1. The summed E-state index contributed by atoms with van der Waals surface area (Å²) in [5.74, 6) is 0.554. The van der Waals surface area contributed by atoms with Crippen molar-refractivity contribution >= 4 is 50.6 Å². The summed E-state index contributed by atoms with van der Waals surface area (Å²) in [6.45, 7) is -0.0335. The number of Topliss-reactive ketones (excluding diaryl/α,β-unsaturated/α-hetero) is 1. The first-order chi connectivity index (χ1) is 12.7. The van der Waals surface area contributed by atoms with Crippen molar-refractivity contribution in [3.05, 3.63) is 71.5 Å². The molecule has 4 rings (SSSR count). The van der Waals surface area contributed by atoms with Gasteiger partial charge < -0.3 is 11.1 Å². The van der Waals surface area contributed by atoms with Gasteiger partial charge in [-0.2, -0.15) is 0 Å². The Morgan fingerprint density at radius 1 is 1.08 bits per heavy atom. The minimum Gasteiger partial charge on any atom is -0.340 e. The number of fused-ring (bicyclic) bond motifs is 3. The highest BCUT2D eigenvalue weighted by Crippen LogP contribution is 2.31. The lowest BCUT2D eigenvalue weighted by Crippen LogP contribution is -2.13. The zero-order valence-electron chi connectivity index (χ0n) is 13.7. The van der Waals surface area contributed by atoms with Gasteiger partial charge in [-0.1, -0.05) is 29.8 Å². The van der Waals surface area contributed by atoms with Crippen LogP contribution in [0.15, 0.2) is 60.9 Å². The normalized spacial score (nSPS) is 11.0. The molecule has 0 amide bonds. The lowest BCUT2D eigenvalue weighted by atomic mass is 10.0. The van der Waals surface area contributed by atoms with Gasteiger partial charge in [0.1, 0.15) is 5.82 Å². The van der Waals surface area contributed by atoms with E-state index < -0.39 is 0 Å². The summed E-state index contributed by atoms with van der Waals surface area (Å²) in [6, 6.07) is 14.8. The van der Waals surface area contributed by atoms with Gasteiger partial charge in [0.25, 0.3) is 0 Å². The molecule has 0 radical (unpaired) electrons. The first-order valence-electron chi connectivity index (χ1n) is 8.09. The molecule has 2 aromatic heterocycles. The van der Waals surface area contributed by atoms with E-state index in [0.717, 1.165) is 21.8 Å². The van der Waals surface area contributed by atoms with Gasteiger partial charge in [0.05, 0.1) is 12.1 Å². The van der Waals surface area contributed by atoms with E-state index in [-0.39, 0.29) is 12.3 Å². The second kappa shape index (κ2) is 6.71. The Hall–Kier alpha value is -3.02. The third-order valence-corrected chi connectivity index (χ3v) is 4.43. The van der Waals surface area contributed by atoms with Crippen LogP contribution in [0.4, 0.5) is 11.5 Å². The molecule has 0 saturated heterocycles. The van der Waals surface area contributed by atoms with Gasteiger partial charge in [-0.15, -0.1) is 0 Å². The maximum Gasteiger partial charge on any atom is 0.176 e. The van der Waals surface area contributed by atoms with Crippen LogP contribution in [-0.4, -0.2) is 22.3 Å². The lowest BCUT2D eigenvalue weighted by Gasteiger charge is -2.12. The summed E-state index contributed by atoms with van der Waals surface area (Å²) >= 11 is 6.08. The van der Waals surface area contributed by atoms with Crippen LogP contribution in [0, 0.1) is 0 Å². The van der Waals surface area contributed by atoms with Crippen LogP contribution in [0.5, 0.6) is 0 Å². The number of halogens is 1. The van der Waals surface area contributed by atoms with Crippen molar-refractivity contribution in [2.45, 2.75) is 0 Å². The Kier molecular flexibility index (Phi) is 4.24. The molecule has 5 nitrogen and oxygen atoms in total. The molecule has 0 aliphatic carbocycles. The second-order valence-electron chi connectivity index (χ2n) is 5.88. The Morgan fingerprint density at radius 2 is 1.96 bits per heavy atom. The molecule has 0 spiro atoms. The van der Waals surface area contributed by atoms with Crippen LogP contribution in [0.1, 0.15) is 10.4 Å². The number of benzene rings is 2. The van der Waals surface area contributed by atoms with Gasteiger partial charge in [-0.3, -0.25) is 9.78 Å². The number of ketones is 1. The molecule has 4 aromatic rings. The van der Waals surface area contributed by atoms with Crippen molar-refractivity contribution in [1.29, 1.82) is 0 Å². The standard InChI is InChI=1S/C20H15ClN4O/c21-13-2-1-3-14(9-13)24-20-16-6-7-23-11-17(16)15-5-4-12(19(26)10-22)8-18(15)25-20/h1-9,11H,10,22H2,(H,24,25). The van der Waals surface area contributed by atoms with Gasteiger partial charge in [0.15, 0.2) is 5.78 Å². The quantitative estimate of drug-likeness (QED) is 0.417. The number of hydrogen-bond donors (Lipinski definition) is 2. The summed E-state index contributed by atoms with van der Waals surface area (Å²) in [5.41, 5.74) is 7.56. The van der Waals surface area contributed by atoms with Crippen LogP contribution in [0.3, 0.4) is 0 Å². The summed E-state index contributed by atoms with van der Waals surface area (Å²) in [6.07, 6.45) is 3.53. The predicted molar refractivity (Wildman–Crippen MR) is 105 cm³/mol. The maximum absolute atomic E-state index is 11.9. The molecule has 0 saturated carbocycles. The minimum atomic E-state index is -0.121. The average molecular weight is 363 g/mol. The number of carbonyl (C=O) groups excluding carboxylic acids is 1. The number of pyridine rings is 2. The SMILES string of the molecule is NCC(=O)c1ccc2c(c1)nc(Nc1cccc(Cl)c1)c1ccncc12. The molecule has 128 valence electrons. The van der Waals surface area contributed by atoms with E-state index in [4.69, 9.17) is 22.3 Å². The molecule has 0 bridgehead atoms. The number of nitrogens with zero attached hydrogens (tertiary/aromatic N) is 2. The summed E-state index contributed by atoms with van der Waals surface area (Å²) in [5, 5.41) is 6.76. The molecule has 6 heteroatoms. The lowest BCUT2D eigenvalue weighted by molar-refractivity contribution is 0.100. The summed E-state index contributed by atoms with van der Waals surface area (Å²) in [4.78, 5) is 20.9. The molecule has 0 aliphatic rings. The number of nitrogens with two attached hydrogens (primary N) is 1. The first kappa shape index (κ1) is 16.4. The van der Waals surface area contributed by atoms with E-state index in [0.29, 0.717) is 21.9 Å². The average Bonchev–Trinajstić information content (AvgIpc) is 2.67. The number of hydrogen-bond acceptors (Lipinski definition) is 5. The summed E-state index contributed by atoms with van der Waals surface area (Å²) in [7, 11) is 0. The molecule has 0 unspecified atom stereocenters. The number of carbonyl (C=O) groups is 1. The highest BCUT2D eigenvalue weighted by atomic mass is 35.5. The Labute approximate surface area is 154 Å². The van der Waals surface area contributed by atoms with Crippen LogP contribution >= 0.6 is 11.6 Å². The van der Waals surface area contributed by atoms with Gasteiger partial charge in [-0.05, 0) is 30.3 Å². The molecule has 0 aliphatic heterocycles. The van der Waals surface area contributed by atoms with Crippen LogP contribution < -0.4 is 11.1 Å². The van der Waals surface area contributed by atoms with Crippen molar-refractivity contribution in [2.75, 3.05) is 11.9 Å². The topological polar surface area (TPSA) is 80.9 Å². The zero-order valence-corrected chi connectivity index (χ0v) is 14.5. The van der Waals surface area contributed by atoms with Crippen LogP contribution in [-0.2, 0) is 0 Å². The highest BCUT2D eigenvalue weighted by molar-refractivity contribution is 6.30. The van der Waals surface area contributed by atoms with Gasteiger partial charge >= 0.3 is 0 Å². The molecule has 3 N–H and O–H groups in total. The second-order valence-corrected chi connectivity index (χ2v) is 6.31. The third-order valence-electron chi connectivity index (χ3n) is 4.19. The van der Waals surface area contributed by atoms with Crippen molar-refractivity contribution in [3.8, 4) is 0 Å². The predicted octanol–water partition coefficient (Wildman–Crippen LogP) is 4.32. The summed E-state index contributed by atoms with van der Waals surface area (Å²) < 4.78 is 0. The molecule has 2 aromatic carbocycles. The molecular formula is C20H15ClN4O. The third kappa shape index (κ3) is 2.98. The van der Waals surface area contributed by atoms with Gasteiger partial charge in [0.2, 0.25) is 0 Å². The molecule has 2 heterocycles. The van der Waals surface area contributed by atoms with E-state index in [1.54, 1.807) is 24.5 Å². The van der Waals surface area contributed by atoms with Crippen molar-refractivity contribution in [1.82, 2.24) is 9.97 Å². The zero-order chi connectivity index (χ0) is 18.1. The van der Waals surface area contributed by atoms with E-state index in [2.05, 4.69) is 10.3 Å². The number of aromatic nitrogens is 2. The first-order valence-corrected chi connectivity index (χ1v) is 8.47. The van der Waals surface area contributed by atoms with E-state index >= 15 is 0 Å². The number of rotatable bonds is 4. The Bertz CT molecular complexity index is 1140. The van der Waals surface area contributed by atoms with Gasteiger partial charge in [0, 0.05) is 44.8 Å². The Morgan fingerprint density at radius 3 is 2.77 bits per heavy atom. The monoisotopic (exact) mass is 362 g/mol. The fourth-order valence-corrected chi connectivity index (χ4v) is 3.13. The fraction of sp³-hybridized carbons (Fsp3) is 0.0500. The molecular weight excluding hydrogens is 348 g/mol. The van der Waals surface area contributed by atoms with E-state index in [1.165, 1.54) is 0 Å². The Balaban J connectivity index is 1.93. The smallest absolute Gasteiger partial charge is 0.176 e.